The number of guanidine groups is 1. The summed E-state index contributed by atoms with van der Waals surface area (Å²) < 4.78 is 14.2. The number of aryl methyl sites for hydroxylation is 1. The predicted octanol–water partition coefficient (Wildman–Crippen LogP) is 3.80. The molecule has 150 valence electrons. The molecule has 0 bridgehead atoms. The fourth-order valence-electron chi connectivity index (χ4n) is 2.86. The lowest BCUT2D eigenvalue weighted by Crippen LogP contribution is -2.21. The van der Waals surface area contributed by atoms with Crippen molar-refractivity contribution in [2.24, 2.45) is 22.2 Å². The third-order valence-electron chi connectivity index (χ3n) is 4.14. The Morgan fingerprint density at radius 1 is 1.14 bits per heavy atom. The second-order valence-electron chi connectivity index (χ2n) is 6.21. The zero-order valence-electron chi connectivity index (χ0n) is 15.9. The van der Waals surface area contributed by atoms with Gasteiger partial charge < -0.3 is 17.2 Å². The number of amidine groups is 1. The number of hydrogen-bond donors (Lipinski definition) is 4. The summed E-state index contributed by atoms with van der Waals surface area (Å²) in [7, 11) is -1.37. The molecule has 0 spiro atoms. The van der Waals surface area contributed by atoms with Crippen LogP contribution < -0.4 is 17.2 Å². The minimum Gasteiger partial charge on any atom is -0.383 e. The molecule has 0 radical (unpaired) electrons. The Labute approximate surface area is 180 Å². The average molecular weight is 444 g/mol. The number of nitrogen functional groups attached to an aromatic ring is 1. The fourth-order valence-corrected chi connectivity index (χ4v) is 6.34. The molecule has 0 aliphatic heterocycles. The molecule has 0 amide bonds. The van der Waals surface area contributed by atoms with Gasteiger partial charge in [0.05, 0.1) is 30.5 Å². The van der Waals surface area contributed by atoms with E-state index in [0.29, 0.717) is 20.4 Å². The van der Waals surface area contributed by atoms with Crippen LogP contribution in [-0.2, 0) is 10.8 Å². The minimum absolute atomic E-state index is 0.0137. The monoisotopic (exact) mass is 443 g/mol. The maximum absolute atomic E-state index is 13.3. The SMILES string of the molecule is CSc1sc(C(=N)N)cc1S(=O)c1cccc(-c2ccc(N=C(N)N)cc2C)c1. The lowest BCUT2D eigenvalue weighted by atomic mass is 10.0. The van der Waals surface area contributed by atoms with Crippen molar-refractivity contribution in [1.29, 1.82) is 5.41 Å². The van der Waals surface area contributed by atoms with Gasteiger partial charge in [-0.05, 0) is 60.2 Å². The Morgan fingerprint density at radius 3 is 2.52 bits per heavy atom. The number of thioether (sulfide) groups is 1. The number of hydrogen-bond acceptors (Lipinski definition) is 5. The van der Waals surface area contributed by atoms with Crippen LogP contribution in [0.5, 0.6) is 0 Å². The van der Waals surface area contributed by atoms with Gasteiger partial charge in [-0.3, -0.25) is 5.41 Å². The van der Waals surface area contributed by atoms with Crippen LogP contribution in [0.1, 0.15) is 10.4 Å². The molecular formula is C20H21N5OS3. The third-order valence-corrected chi connectivity index (χ3v) is 8.11. The molecule has 0 saturated heterocycles. The van der Waals surface area contributed by atoms with Gasteiger partial charge in [-0.2, -0.15) is 0 Å². The largest absolute Gasteiger partial charge is 0.383 e. The predicted molar refractivity (Wildman–Crippen MR) is 124 cm³/mol. The molecule has 0 saturated carbocycles. The molecule has 2 aromatic carbocycles. The number of benzene rings is 2. The van der Waals surface area contributed by atoms with Gasteiger partial charge in [0.2, 0.25) is 0 Å². The van der Waals surface area contributed by atoms with E-state index < -0.39 is 10.8 Å². The molecule has 3 rings (SSSR count). The van der Waals surface area contributed by atoms with E-state index in [4.69, 9.17) is 22.6 Å². The Kier molecular flexibility index (Phi) is 6.41. The fraction of sp³-hybridized carbons (Fsp3) is 0.100. The number of thiophene rings is 1. The van der Waals surface area contributed by atoms with Gasteiger partial charge in [0, 0.05) is 4.90 Å². The van der Waals surface area contributed by atoms with E-state index >= 15 is 0 Å². The Balaban J connectivity index is 1.99. The first-order valence-corrected chi connectivity index (χ1v) is 11.7. The molecule has 1 unspecified atom stereocenters. The summed E-state index contributed by atoms with van der Waals surface area (Å²) in [5.74, 6) is -0.00127. The Morgan fingerprint density at radius 2 is 1.90 bits per heavy atom. The van der Waals surface area contributed by atoms with Crippen LogP contribution in [0.15, 0.2) is 67.5 Å². The summed E-state index contributed by atoms with van der Waals surface area (Å²) in [5.41, 5.74) is 20.2. The molecule has 1 heterocycles. The van der Waals surface area contributed by atoms with E-state index in [1.165, 1.54) is 23.1 Å². The second-order valence-corrected chi connectivity index (χ2v) is 9.79. The first-order valence-electron chi connectivity index (χ1n) is 8.55. The van der Waals surface area contributed by atoms with Crippen molar-refractivity contribution in [2.75, 3.05) is 6.26 Å². The molecule has 0 aliphatic rings. The molecule has 3 aromatic rings. The molecule has 29 heavy (non-hydrogen) atoms. The summed E-state index contributed by atoms with van der Waals surface area (Å²) in [6.07, 6.45) is 1.92. The first-order chi connectivity index (χ1) is 13.8. The molecule has 6 nitrogen and oxygen atoms in total. The molecule has 1 atom stereocenters. The van der Waals surface area contributed by atoms with Crippen LogP contribution in [0.4, 0.5) is 5.69 Å². The van der Waals surface area contributed by atoms with Gasteiger partial charge in [-0.1, -0.05) is 18.2 Å². The van der Waals surface area contributed by atoms with Gasteiger partial charge in [-0.15, -0.1) is 23.1 Å². The highest BCUT2D eigenvalue weighted by Crippen LogP contribution is 2.36. The standard InChI is InChI=1S/C20H21N5OS3/c1-11-8-13(25-20(23)24)6-7-15(11)12-4-3-5-14(9-12)29(26)17-10-16(18(21)22)28-19(17)27-2/h3-10H,1-2H3,(H3,21,22)(H4,23,24,25). The van der Waals surface area contributed by atoms with Crippen LogP contribution in [0, 0.1) is 12.3 Å². The summed E-state index contributed by atoms with van der Waals surface area (Å²) in [6.45, 7) is 1.98. The number of nitrogens with two attached hydrogens (primary N) is 3. The van der Waals surface area contributed by atoms with Gasteiger partial charge in [0.15, 0.2) is 5.96 Å². The second kappa shape index (κ2) is 8.81. The van der Waals surface area contributed by atoms with Crippen LogP contribution in [0.2, 0.25) is 0 Å². The van der Waals surface area contributed by atoms with Crippen LogP contribution in [0.3, 0.4) is 0 Å². The highest BCUT2D eigenvalue weighted by atomic mass is 32.2. The van der Waals surface area contributed by atoms with Crippen molar-refractivity contribution < 1.29 is 4.21 Å². The molecule has 1 aromatic heterocycles. The molecule has 7 N–H and O–H groups in total. The molecular weight excluding hydrogens is 422 g/mol. The van der Waals surface area contributed by atoms with Crippen LogP contribution >= 0.6 is 23.1 Å². The van der Waals surface area contributed by atoms with E-state index in [2.05, 4.69) is 4.99 Å². The smallest absolute Gasteiger partial charge is 0.191 e. The quantitative estimate of drug-likeness (QED) is 0.261. The summed E-state index contributed by atoms with van der Waals surface area (Å²) in [6, 6.07) is 15.1. The number of aliphatic imine (C=N–C) groups is 1. The van der Waals surface area contributed by atoms with E-state index in [0.717, 1.165) is 20.9 Å². The maximum Gasteiger partial charge on any atom is 0.191 e. The summed E-state index contributed by atoms with van der Waals surface area (Å²) in [5, 5.41) is 7.65. The highest BCUT2D eigenvalue weighted by molar-refractivity contribution is 8.01. The zero-order chi connectivity index (χ0) is 21.1. The van der Waals surface area contributed by atoms with Crippen molar-refractivity contribution >= 4 is 51.4 Å². The topological polar surface area (TPSA) is 131 Å². The first kappa shape index (κ1) is 21.1. The highest BCUT2D eigenvalue weighted by Gasteiger charge is 2.18. The van der Waals surface area contributed by atoms with E-state index in [-0.39, 0.29) is 11.8 Å². The van der Waals surface area contributed by atoms with Crippen molar-refractivity contribution in [3.05, 3.63) is 59.0 Å². The molecule has 0 fully saturated rings. The van der Waals surface area contributed by atoms with Crippen LogP contribution in [0.25, 0.3) is 11.1 Å². The normalized spacial score (nSPS) is 11.8. The van der Waals surface area contributed by atoms with Gasteiger partial charge in [0.1, 0.15) is 5.84 Å². The lowest BCUT2D eigenvalue weighted by Gasteiger charge is -2.09. The number of rotatable bonds is 6. The van der Waals surface area contributed by atoms with Crippen molar-refractivity contribution in [2.45, 2.75) is 20.9 Å². The van der Waals surface area contributed by atoms with E-state index in [9.17, 15) is 4.21 Å². The van der Waals surface area contributed by atoms with E-state index in [1.54, 1.807) is 6.07 Å². The van der Waals surface area contributed by atoms with Gasteiger partial charge in [-0.25, -0.2) is 9.20 Å². The average Bonchev–Trinajstić information content (AvgIpc) is 3.12. The third kappa shape index (κ3) is 4.69. The van der Waals surface area contributed by atoms with Gasteiger partial charge in [0.25, 0.3) is 0 Å². The Bertz CT molecular complexity index is 1130. The number of nitrogens with zero attached hydrogens (tertiary/aromatic N) is 1. The van der Waals surface area contributed by atoms with Crippen molar-refractivity contribution in [3.63, 3.8) is 0 Å². The molecule has 0 aliphatic carbocycles. The van der Waals surface area contributed by atoms with Crippen LogP contribution in [-0.4, -0.2) is 22.3 Å². The van der Waals surface area contributed by atoms with Crippen molar-refractivity contribution in [3.8, 4) is 11.1 Å². The van der Waals surface area contributed by atoms with E-state index in [1.807, 2.05) is 55.6 Å². The minimum atomic E-state index is -1.37. The summed E-state index contributed by atoms with van der Waals surface area (Å²) >= 11 is 2.89. The zero-order valence-corrected chi connectivity index (χ0v) is 18.4. The van der Waals surface area contributed by atoms with Crippen molar-refractivity contribution in [1.82, 2.24) is 0 Å². The lowest BCUT2D eigenvalue weighted by molar-refractivity contribution is 0.682. The molecule has 9 heteroatoms. The van der Waals surface area contributed by atoms with Gasteiger partial charge >= 0.3 is 0 Å². The Hall–Kier alpha value is -2.62. The number of nitrogens with one attached hydrogen (secondary N) is 1. The summed E-state index contributed by atoms with van der Waals surface area (Å²) in [4.78, 5) is 6.07. The maximum atomic E-state index is 13.3.